The van der Waals surface area contributed by atoms with Gasteiger partial charge in [-0.1, -0.05) is 74.0 Å². The smallest absolute Gasteiger partial charge is 0.338 e. The van der Waals surface area contributed by atoms with Gasteiger partial charge >= 0.3 is 11.9 Å². The van der Waals surface area contributed by atoms with Gasteiger partial charge in [-0.05, 0) is 41.8 Å². The number of esters is 2. The van der Waals surface area contributed by atoms with Crippen molar-refractivity contribution in [1.29, 1.82) is 0 Å². The summed E-state index contributed by atoms with van der Waals surface area (Å²) < 4.78 is 10.5. The highest BCUT2D eigenvalue weighted by atomic mass is 16.5. The Balaban J connectivity index is 1.57. The van der Waals surface area contributed by atoms with Gasteiger partial charge in [0.25, 0.3) is 5.91 Å². The molecule has 6 nitrogen and oxygen atoms in total. The maximum atomic E-state index is 12.9. The van der Waals surface area contributed by atoms with Crippen LogP contribution >= 0.6 is 0 Å². The van der Waals surface area contributed by atoms with E-state index in [0.29, 0.717) is 17.9 Å². The molecule has 0 aromatic heterocycles. The third-order valence-electron chi connectivity index (χ3n) is 4.98. The summed E-state index contributed by atoms with van der Waals surface area (Å²) in [5.74, 6) is -2.00. The summed E-state index contributed by atoms with van der Waals surface area (Å²) >= 11 is 0. The van der Waals surface area contributed by atoms with Gasteiger partial charge in [-0.15, -0.1) is 0 Å². The van der Waals surface area contributed by atoms with Crippen LogP contribution in [0.3, 0.4) is 0 Å². The maximum Gasteiger partial charge on any atom is 0.338 e. The number of anilines is 1. The van der Waals surface area contributed by atoms with Crippen molar-refractivity contribution in [1.82, 2.24) is 0 Å². The SMILES string of the molecule is CCCCOC(=O)c1ccc(NC(=O)COC(=O)C(c2ccccc2)c2ccccc2)cc1. The summed E-state index contributed by atoms with van der Waals surface area (Å²) in [7, 11) is 0. The Labute approximate surface area is 193 Å². The zero-order valence-electron chi connectivity index (χ0n) is 18.5. The third-order valence-corrected chi connectivity index (χ3v) is 4.98. The number of benzene rings is 3. The topological polar surface area (TPSA) is 81.7 Å². The Morgan fingerprint density at radius 1 is 0.788 bits per heavy atom. The van der Waals surface area contributed by atoms with Crippen molar-refractivity contribution in [2.75, 3.05) is 18.5 Å². The highest BCUT2D eigenvalue weighted by Gasteiger charge is 2.24. The fourth-order valence-corrected chi connectivity index (χ4v) is 3.25. The average Bonchev–Trinajstić information content (AvgIpc) is 2.85. The lowest BCUT2D eigenvalue weighted by Crippen LogP contribution is -2.24. The van der Waals surface area contributed by atoms with Gasteiger partial charge in [-0.3, -0.25) is 9.59 Å². The highest BCUT2D eigenvalue weighted by Crippen LogP contribution is 2.26. The number of rotatable bonds is 10. The second-order valence-corrected chi connectivity index (χ2v) is 7.48. The molecule has 0 aliphatic rings. The van der Waals surface area contributed by atoms with E-state index in [1.165, 1.54) is 0 Å². The molecule has 1 amide bonds. The van der Waals surface area contributed by atoms with Gasteiger partial charge in [0.05, 0.1) is 12.2 Å². The minimum Gasteiger partial charge on any atom is -0.462 e. The van der Waals surface area contributed by atoms with Crippen molar-refractivity contribution in [2.24, 2.45) is 0 Å². The van der Waals surface area contributed by atoms with E-state index < -0.39 is 30.4 Å². The number of unbranched alkanes of at least 4 members (excludes halogenated alkanes) is 1. The van der Waals surface area contributed by atoms with Crippen LogP contribution in [0.1, 0.15) is 47.2 Å². The molecule has 0 radical (unpaired) electrons. The van der Waals surface area contributed by atoms with Crippen LogP contribution in [-0.2, 0) is 19.1 Å². The van der Waals surface area contributed by atoms with Crippen molar-refractivity contribution >= 4 is 23.5 Å². The highest BCUT2D eigenvalue weighted by molar-refractivity contribution is 5.95. The lowest BCUT2D eigenvalue weighted by atomic mass is 9.91. The van der Waals surface area contributed by atoms with Crippen molar-refractivity contribution in [3.8, 4) is 0 Å². The van der Waals surface area contributed by atoms with E-state index in [2.05, 4.69) is 5.32 Å². The molecule has 3 rings (SSSR count). The van der Waals surface area contributed by atoms with E-state index >= 15 is 0 Å². The van der Waals surface area contributed by atoms with Crippen molar-refractivity contribution in [3.05, 3.63) is 102 Å². The number of carbonyl (C=O) groups is 3. The molecule has 0 heterocycles. The monoisotopic (exact) mass is 445 g/mol. The zero-order valence-corrected chi connectivity index (χ0v) is 18.5. The van der Waals surface area contributed by atoms with Gasteiger partial charge in [-0.2, -0.15) is 0 Å². The number of hydrogen-bond acceptors (Lipinski definition) is 5. The van der Waals surface area contributed by atoms with E-state index in [-0.39, 0.29) is 0 Å². The number of amides is 1. The molecule has 33 heavy (non-hydrogen) atoms. The molecule has 0 saturated heterocycles. The molecule has 0 aliphatic heterocycles. The van der Waals surface area contributed by atoms with Crippen LogP contribution in [0.5, 0.6) is 0 Å². The molecule has 0 bridgehead atoms. The van der Waals surface area contributed by atoms with E-state index in [1.807, 2.05) is 67.6 Å². The van der Waals surface area contributed by atoms with E-state index in [9.17, 15) is 14.4 Å². The first-order chi connectivity index (χ1) is 16.1. The quantitative estimate of drug-likeness (QED) is 0.352. The minimum atomic E-state index is -0.627. The summed E-state index contributed by atoms with van der Waals surface area (Å²) in [6, 6.07) is 25.0. The van der Waals surface area contributed by atoms with Crippen LogP contribution < -0.4 is 5.32 Å². The Hall–Kier alpha value is -3.93. The Bertz CT molecular complexity index is 1010. The van der Waals surface area contributed by atoms with Crippen LogP contribution in [0.25, 0.3) is 0 Å². The molecule has 0 fully saturated rings. The lowest BCUT2D eigenvalue weighted by Gasteiger charge is -2.17. The summed E-state index contributed by atoms with van der Waals surface area (Å²) in [5, 5.41) is 2.67. The summed E-state index contributed by atoms with van der Waals surface area (Å²) in [4.78, 5) is 37.2. The zero-order chi connectivity index (χ0) is 23.5. The fraction of sp³-hybridized carbons (Fsp3) is 0.222. The first kappa shape index (κ1) is 23.7. The number of hydrogen-bond donors (Lipinski definition) is 1. The average molecular weight is 446 g/mol. The lowest BCUT2D eigenvalue weighted by molar-refractivity contribution is -0.147. The summed E-state index contributed by atoms with van der Waals surface area (Å²) in [5.41, 5.74) is 2.47. The van der Waals surface area contributed by atoms with Crippen LogP contribution in [-0.4, -0.2) is 31.1 Å². The molecular weight excluding hydrogens is 418 g/mol. The molecule has 0 saturated carbocycles. The molecule has 6 heteroatoms. The largest absolute Gasteiger partial charge is 0.462 e. The molecule has 0 spiro atoms. The van der Waals surface area contributed by atoms with Crippen LogP contribution in [0, 0.1) is 0 Å². The second kappa shape index (κ2) is 12.2. The van der Waals surface area contributed by atoms with Gasteiger partial charge in [0, 0.05) is 5.69 Å². The molecule has 1 N–H and O–H groups in total. The van der Waals surface area contributed by atoms with Crippen LogP contribution in [0.2, 0.25) is 0 Å². The maximum absolute atomic E-state index is 12.9. The molecular formula is C27H27NO5. The number of carbonyl (C=O) groups excluding carboxylic acids is 3. The number of ether oxygens (including phenoxy) is 2. The summed E-state index contributed by atoms with van der Waals surface area (Å²) in [6.45, 7) is 1.98. The predicted octanol–water partition coefficient (Wildman–Crippen LogP) is 4.96. The van der Waals surface area contributed by atoms with E-state index in [4.69, 9.17) is 9.47 Å². The first-order valence-corrected chi connectivity index (χ1v) is 10.9. The molecule has 0 unspecified atom stereocenters. The fourth-order valence-electron chi connectivity index (χ4n) is 3.25. The Kier molecular flexibility index (Phi) is 8.77. The van der Waals surface area contributed by atoms with Crippen molar-refractivity contribution in [3.63, 3.8) is 0 Å². The van der Waals surface area contributed by atoms with E-state index in [1.54, 1.807) is 24.3 Å². The molecule has 3 aromatic carbocycles. The van der Waals surface area contributed by atoms with Gasteiger partial charge in [0.1, 0.15) is 5.92 Å². The summed E-state index contributed by atoms with van der Waals surface area (Å²) in [6.07, 6.45) is 1.76. The van der Waals surface area contributed by atoms with Gasteiger partial charge < -0.3 is 14.8 Å². The minimum absolute atomic E-state index is 0.381. The second-order valence-electron chi connectivity index (χ2n) is 7.48. The number of nitrogens with one attached hydrogen (secondary N) is 1. The predicted molar refractivity (Wildman–Crippen MR) is 126 cm³/mol. The molecule has 0 atom stereocenters. The van der Waals surface area contributed by atoms with Gasteiger partial charge in [-0.25, -0.2) is 4.79 Å². The Morgan fingerprint density at radius 2 is 1.36 bits per heavy atom. The standard InChI is InChI=1S/C27H27NO5/c1-2-3-18-32-26(30)22-14-16-23(17-15-22)28-24(29)19-33-27(31)25(20-10-6-4-7-11-20)21-12-8-5-9-13-21/h4-17,25H,2-3,18-19H2,1H3,(H,28,29). The normalized spacial score (nSPS) is 10.5. The molecule has 0 aliphatic carbocycles. The van der Waals surface area contributed by atoms with Gasteiger partial charge in [0.15, 0.2) is 6.61 Å². The van der Waals surface area contributed by atoms with Gasteiger partial charge in [0.2, 0.25) is 0 Å². The first-order valence-electron chi connectivity index (χ1n) is 10.9. The van der Waals surface area contributed by atoms with Crippen molar-refractivity contribution in [2.45, 2.75) is 25.7 Å². The van der Waals surface area contributed by atoms with E-state index in [0.717, 1.165) is 24.0 Å². The van der Waals surface area contributed by atoms with Crippen LogP contribution in [0.4, 0.5) is 5.69 Å². The molecule has 170 valence electrons. The Morgan fingerprint density at radius 3 is 1.91 bits per heavy atom. The third kappa shape index (κ3) is 7.04. The molecule has 3 aromatic rings. The van der Waals surface area contributed by atoms with Crippen LogP contribution in [0.15, 0.2) is 84.9 Å². The van der Waals surface area contributed by atoms with Crippen molar-refractivity contribution < 1.29 is 23.9 Å².